The van der Waals surface area contributed by atoms with E-state index < -0.39 is 0 Å². The number of nitrogens with zero attached hydrogens (tertiary/aromatic N) is 3. The van der Waals surface area contributed by atoms with E-state index in [-0.39, 0.29) is 0 Å². The second-order valence-corrected chi connectivity index (χ2v) is 3.68. The standard InChI is InChI=1S/C8H14N3/c1-6(2)8-10-9-5-11(8)7-3-4-7/h5-8H,3-4H2,1-2H3/q+1. The van der Waals surface area contributed by atoms with E-state index in [0.29, 0.717) is 12.1 Å². The molecule has 0 aromatic carbocycles. The summed E-state index contributed by atoms with van der Waals surface area (Å²) in [6, 6.07) is 0.748. The number of rotatable bonds is 2. The molecule has 0 radical (unpaired) electrons. The average molecular weight is 152 g/mol. The molecule has 3 nitrogen and oxygen atoms in total. The molecule has 3 heteroatoms. The van der Waals surface area contributed by atoms with Gasteiger partial charge in [-0.2, -0.15) is 0 Å². The first-order valence-corrected chi connectivity index (χ1v) is 4.30. The largest absolute Gasteiger partial charge is 0.311 e. The van der Waals surface area contributed by atoms with Crippen molar-refractivity contribution in [1.29, 1.82) is 0 Å². The average Bonchev–Trinajstić information content (AvgIpc) is 2.68. The molecule has 11 heavy (non-hydrogen) atoms. The molecular formula is C8H14N3+. The summed E-state index contributed by atoms with van der Waals surface area (Å²) >= 11 is 0. The van der Waals surface area contributed by atoms with E-state index in [4.69, 9.17) is 0 Å². The Morgan fingerprint density at radius 1 is 1.45 bits per heavy atom. The Kier molecular flexibility index (Phi) is 1.51. The zero-order valence-electron chi connectivity index (χ0n) is 7.07. The normalized spacial score (nSPS) is 29.7. The van der Waals surface area contributed by atoms with Crippen LogP contribution in [0.2, 0.25) is 0 Å². The summed E-state index contributed by atoms with van der Waals surface area (Å²) in [6.07, 6.45) is 4.86. The molecule has 0 aromatic heterocycles. The van der Waals surface area contributed by atoms with Crippen LogP contribution in [0.5, 0.6) is 0 Å². The van der Waals surface area contributed by atoms with Gasteiger partial charge in [0.15, 0.2) is 0 Å². The minimum Gasteiger partial charge on any atom is -0.234 e. The van der Waals surface area contributed by atoms with Gasteiger partial charge in [0, 0.05) is 5.92 Å². The van der Waals surface area contributed by atoms with Crippen molar-refractivity contribution < 1.29 is 4.58 Å². The molecule has 0 amide bonds. The zero-order valence-corrected chi connectivity index (χ0v) is 7.07. The molecule has 2 rings (SSSR count). The Morgan fingerprint density at radius 2 is 2.18 bits per heavy atom. The molecule has 1 heterocycles. The van der Waals surface area contributed by atoms with Crippen LogP contribution in [0.1, 0.15) is 26.7 Å². The van der Waals surface area contributed by atoms with Crippen molar-refractivity contribution in [3.63, 3.8) is 0 Å². The highest BCUT2D eigenvalue weighted by molar-refractivity contribution is 5.49. The molecule has 0 saturated heterocycles. The first-order chi connectivity index (χ1) is 5.29. The van der Waals surface area contributed by atoms with Crippen LogP contribution in [0.25, 0.3) is 0 Å². The third-order valence-electron chi connectivity index (χ3n) is 2.24. The maximum Gasteiger partial charge on any atom is 0.311 e. The monoisotopic (exact) mass is 152 g/mol. The first kappa shape index (κ1) is 6.95. The molecule has 2 aliphatic rings. The van der Waals surface area contributed by atoms with Crippen molar-refractivity contribution in [3.05, 3.63) is 0 Å². The highest BCUT2D eigenvalue weighted by atomic mass is 15.4. The lowest BCUT2D eigenvalue weighted by molar-refractivity contribution is -0.576. The fourth-order valence-corrected chi connectivity index (χ4v) is 1.45. The molecule has 1 unspecified atom stereocenters. The lowest BCUT2D eigenvalue weighted by atomic mass is 10.1. The molecule has 1 atom stereocenters. The van der Waals surface area contributed by atoms with Crippen molar-refractivity contribution in [2.75, 3.05) is 0 Å². The van der Waals surface area contributed by atoms with E-state index >= 15 is 0 Å². The van der Waals surface area contributed by atoms with Gasteiger partial charge in [-0.05, 0) is 18.0 Å². The van der Waals surface area contributed by atoms with Gasteiger partial charge in [0.25, 0.3) is 0 Å². The van der Waals surface area contributed by atoms with Gasteiger partial charge in [0.2, 0.25) is 6.17 Å². The van der Waals surface area contributed by atoms with E-state index in [1.165, 1.54) is 12.8 Å². The Hall–Kier alpha value is -0.730. The number of hydrogen-bond acceptors (Lipinski definition) is 2. The summed E-state index contributed by atoms with van der Waals surface area (Å²) < 4.78 is 2.30. The van der Waals surface area contributed by atoms with E-state index in [0.717, 1.165) is 6.04 Å². The van der Waals surface area contributed by atoms with Crippen LogP contribution in [0.3, 0.4) is 0 Å². The van der Waals surface area contributed by atoms with Gasteiger partial charge in [-0.15, -0.1) is 0 Å². The number of azo groups is 1. The lowest BCUT2D eigenvalue weighted by Gasteiger charge is -2.10. The van der Waals surface area contributed by atoms with Crippen LogP contribution in [0.4, 0.5) is 0 Å². The van der Waals surface area contributed by atoms with Crippen LogP contribution in [0.15, 0.2) is 10.2 Å². The minimum absolute atomic E-state index is 0.322. The predicted octanol–water partition coefficient (Wildman–Crippen LogP) is 1.64. The van der Waals surface area contributed by atoms with Gasteiger partial charge in [-0.1, -0.05) is 13.8 Å². The van der Waals surface area contributed by atoms with Crippen molar-refractivity contribution in [1.82, 2.24) is 0 Å². The van der Waals surface area contributed by atoms with Gasteiger partial charge in [-0.25, -0.2) is 4.58 Å². The molecule has 0 N–H and O–H groups in total. The Bertz CT molecular complexity index is 213. The molecule has 0 spiro atoms. The molecule has 0 bridgehead atoms. The lowest BCUT2D eigenvalue weighted by Crippen LogP contribution is -2.28. The maximum absolute atomic E-state index is 4.17. The van der Waals surface area contributed by atoms with Crippen LogP contribution in [-0.4, -0.2) is 23.1 Å². The fraction of sp³-hybridized carbons (Fsp3) is 0.875. The summed E-state index contributed by atoms with van der Waals surface area (Å²) in [5.74, 6) is 0.582. The molecule has 60 valence electrons. The van der Waals surface area contributed by atoms with E-state index in [2.05, 4.69) is 28.7 Å². The topological polar surface area (TPSA) is 27.7 Å². The van der Waals surface area contributed by atoms with Crippen molar-refractivity contribution in [3.8, 4) is 0 Å². The van der Waals surface area contributed by atoms with Gasteiger partial charge in [0.05, 0.1) is 11.2 Å². The molecule has 0 aromatic rings. The van der Waals surface area contributed by atoms with E-state index in [9.17, 15) is 0 Å². The quantitative estimate of drug-likeness (QED) is 0.538. The number of hydrogen-bond donors (Lipinski definition) is 0. The van der Waals surface area contributed by atoms with Crippen molar-refractivity contribution in [2.45, 2.75) is 38.9 Å². The van der Waals surface area contributed by atoms with Crippen LogP contribution in [-0.2, 0) is 0 Å². The Balaban J connectivity index is 2.09. The van der Waals surface area contributed by atoms with Crippen molar-refractivity contribution in [2.24, 2.45) is 16.1 Å². The van der Waals surface area contributed by atoms with Gasteiger partial charge < -0.3 is 0 Å². The maximum atomic E-state index is 4.17. The fourth-order valence-electron chi connectivity index (χ4n) is 1.45. The van der Waals surface area contributed by atoms with Crippen LogP contribution >= 0.6 is 0 Å². The highest BCUT2D eigenvalue weighted by Gasteiger charge is 2.38. The first-order valence-electron chi connectivity index (χ1n) is 4.30. The third-order valence-corrected chi connectivity index (χ3v) is 2.24. The smallest absolute Gasteiger partial charge is 0.234 e. The Morgan fingerprint density at radius 3 is 2.73 bits per heavy atom. The van der Waals surface area contributed by atoms with Gasteiger partial charge in [0.1, 0.15) is 0 Å². The summed E-state index contributed by atoms with van der Waals surface area (Å²) in [7, 11) is 0. The van der Waals surface area contributed by atoms with E-state index in [1.807, 2.05) is 6.34 Å². The van der Waals surface area contributed by atoms with Gasteiger partial charge in [-0.3, -0.25) is 0 Å². The molecular weight excluding hydrogens is 138 g/mol. The van der Waals surface area contributed by atoms with Crippen molar-refractivity contribution >= 4 is 6.34 Å². The van der Waals surface area contributed by atoms with Crippen LogP contribution < -0.4 is 0 Å². The minimum atomic E-state index is 0.322. The summed E-state index contributed by atoms with van der Waals surface area (Å²) in [6.45, 7) is 4.39. The summed E-state index contributed by atoms with van der Waals surface area (Å²) in [5.41, 5.74) is 0. The highest BCUT2D eigenvalue weighted by Crippen LogP contribution is 2.28. The molecule has 1 fully saturated rings. The summed E-state index contributed by atoms with van der Waals surface area (Å²) in [5, 5.41) is 8.13. The second-order valence-electron chi connectivity index (χ2n) is 3.68. The second kappa shape index (κ2) is 2.40. The Labute approximate surface area is 66.8 Å². The predicted molar refractivity (Wildman–Crippen MR) is 42.8 cm³/mol. The zero-order chi connectivity index (χ0) is 7.84. The van der Waals surface area contributed by atoms with Crippen LogP contribution in [0, 0.1) is 5.92 Å². The third kappa shape index (κ3) is 1.19. The molecule has 1 aliphatic heterocycles. The van der Waals surface area contributed by atoms with E-state index in [1.54, 1.807) is 0 Å². The molecule has 1 saturated carbocycles. The SMILES string of the molecule is CC(C)C1N=NC=[N+]1C1CC1. The molecule has 1 aliphatic carbocycles. The summed E-state index contributed by atoms with van der Waals surface area (Å²) in [4.78, 5) is 0. The van der Waals surface area contributed by atoms with Gasteiger partial charge >= 0.3 is 6.34 Å².